The SMILES string of the molecule is Cc1cccc(NC(=O)/C(C#N)=C\c2cc(F)c(N3CCCC3)cc2C)c1. The number of nitriles is 1. The van der Waals surface area contributed by atoms with Crippen LogP contribution in [-0.4, -0.2) is 19.0 Å². The van der Waals surface area contributed by atoms with Crippen molar-refractivity contribution in [1.29, 1.82) is 5.26 Å². The first kappa shape index (κ1) is 18.7. The lowest BCUT2D eigenvalue weighted by Crippen LogP contribution is -2.19. The third-order valence-electron chi connectivity index (χ3n) is 4.72. The van der Waals surface area contributed by atoms with Gasteiger partial charge in [-0.25, -0.2) is 4.39 Å². The van der Waals surface area contributed by atoms with Crippen LogP contribution in [0, 0.1) is 31.0 Å². The molecule has 0 unspecified atom stereocenters. The quantitative estimate of drug-likeness (QED) is 0.638. The topological polar surface area (TPSA) is 56.1 Å². The number of carbonyl (C=O) groups is 1. The van der Waals surface area contributed by atoms with E-state index >= 15 is 0 Å². The fourth-order valence-corrected chi connectivity index (χ4v) is 3.26. The molecule has 0 bridgehead atoms. The average Bonchev–Trinajstić information content (AvgIpc) is 3.16. The van der Waals surface area contributed by atoms with Crippen LogP contribution in [0.5, 0.6) is 0 Å². The molecule has 138 valence electrons. The molecule has 27 heavy (non-hydrogen) atoms. The van der Waals surface area contributed by atoms with E-state index < -0.39 is 5.91 Å². The van der Waals surface area contributed by atoms with Crippen molar-refractivity contribution < 1.29 is 9.18 Å². The van der Waals surface area contributed by atoms with Crippen molar-refractivity contribution in [3.05, 3.63) is 64.5 Å². The molecule has 1 saturated heterocycles. The predicted molar refractivity (Wildman–Crippen MR) is 106 cm³/mol. The molecule has 5 heteroatoms. The second-order valence-electron chi connectivity index (χ2n) is 6.85. The second-order valence-corrected chi connectivity index (χ2v) is 6.85. The van der Waals surface area contributed by atoms with Crippen LogP contribution in [0.4, 0.5) is 15.8 Å². The minimum atomic E-state index is -0.508. The highest BCUT2D eigenvalue weighted by Crippen LogP contribution is 2.28. The van der Waals surface area contributed by atoms with Gasteiger partial charge in [-0.2, -0.15) is 5.26 Å². The summed E-state index contributed by atoms with van der Waals surface area (Å²) in [5.41, 5.74) is 3.51. The lowest BCUT2D eigenvalue weighted by molar-refractivity contribution is -0.112. The van der Waals surface area contributed by atoms with Crippen molar-refractivity contribution in [2.24, 2.45) is 0 Å². The highest BCUT2D eigenvalue weighted by Gasteiger charge is 2.18. The highest BCUT2D eigenvalue weighted by molar-refractivity contribution is 6.09. The fourth-order valence-electron chi connectivity index (χ4n) is 3.26. The molecule has 3 rings (SSSR count). The molecule has 1 N–H and O–H groups in total. The van der Waals surface area contributed by atoms with E-state index in [0.717, 1.165) is 37.1 Å². The highest BCUT2D eigenvalue weighted by atomic mass is 19.1. The van der Waals surface area contributed by atoms with E-state index in [2.05, 4.69) is 5.32 Å². The molecular formula is C22H22FN3O. The maximum absolute atomic E-state index is 14.6. The van der Waals surface area contributed by atoms with Gasteiger partial charge in [-0.15, -0.1) is 0 Å². The van der Waals surface area contributed by atoms with E-state index in [1.165, 1.54) is 12.1 Å². The Labute approximate surface area is 158 Å². The summed E-state index contributed by atoms with van der Waals surface area (Å²) in [6, 6.07) is 12.4. The van der Waals surface area contributed by atoms with Crippen molar-refractivity contribution in [1.82, 2.24) is 0 Å². The van der Waals surface area contributed by atoms with Crippen molar-refractivity contribution in [2.45, 2.75) is 26.7 Å². The van der Waals surface area contributed by atoms with E-state index in [4.69, 9.17) is 0 Å². The smallest absolute Gasteiger partial charge is 0.266 e. The van der Waals surface area contributed by atoms with Gasteiger partial charge in [0.05, 0.1) is 5.69 Å². The van der Waals surface area contributed by atoms with Gasteiger partial charge in [-0.05, 0) is 73.7 Å². The van der Waals surface area contributed by atoms with E-state index in [1.54, 1.807) is 12.1 Å². The zero-order valence-corrected chi connectivity index (χ0v) is 15.6. The number of amides is 1. The molecule has 0 spiro atoms. The molecule has 2 aromatic rings. The first-order valence-corrected chi connectivity index (χ1v) is 9.03. The second kappa shape index (κ2) is 8.05. The summed E-state index contributed by atoms with van der Waals surface area (Å²) in [5.74, 6) is -0.836. The van der Waals surface area contributed by atoms with Crippen LogP contribution in [0.3, 0.4) is 0 Å². The van der Waals surface area contributed by atoms with Gasteiger partial charge < -0.3 is 10.2 Å². The largest absolute Gasteiger partial charge is 0.369 e. The van der Waals surface area contributed by atoms with Gasteiger partial charge in [0.15, 0.2) is 0 Å². The fraction of sp³-hybridized carbons (Fsp3) is 0.273. The van der Waals surface area contributed by atoms with E-state index in [1.807, 2.05) is 43.0 Å². The molecule has 1 fully saturated rings. The number of carbonyl (C=O) groups excluding carboxylic acids is 1. The lowest BCUT2D eigenvalue weighted by atomic mass is 10.0. The molecule has 0 atom stereocenters. The van der Waals surface area contributed by atoms with E-state index in [0.29, 0.717) is 16.9 Å². The van der Waals surface area contributed by atoms with Gasteiger partial charge in [0.25, 0.3) is 5.91 Å². The van der Waals surface area contributed by atoms with Crippen LogP contribution in [0.25, 0.3) is 6.08 Å². The summed E-state index contributed by atoms with van der Waals surface area (Å²) in [5, 5.41) is 12.1. The van der Waals surface area contributed by atoms with Crippen LogP contribution < -0.4 is 10.2 Å². The van der Waals surface area contributed by atoms with Crippen molar-refractivity contribution in [3.63, 3.8) is 0 Å². The molecular weight excluding hydrogens is 341 g/mol. The molecule has 2 aromatic carbocycles. The summed E-state index contributed by atoms with van der Waals surface area (Å²) in [6.45, 7) is 5.49. The van der Waals surface area contributed by atoms with Crippen LogP contribution in [0.15, 0.2) is 42.0 Å². The Morgan fingerprint density at radius 3 is 2.63 bits per heavy atom. The van der Waals surface area contributed by atoms with Gasteiger partial charge in [-0.3, -0.25) is 4.79 Å². The van der Waals surface area contributed by atoms with Crippen LogP contribution in [0.1, 0.15) is 29.5 Å². The average molecular weight is 363 g/mol. The Balaban J connectivity index is 1.85. The lowest BCUT2D eigenvalue weighted by Gasteiger charge is -2.19. The number of hydrogen-bond acceptors (Lipinski definition) is 3. The third kappa shape index (κ3) is 4.35. The van der Waals surface area contributed by atoms with Crippen LogP contribution in [-0.2, 0) is 4.79 Å². The van der Waals surface area contributed by atoms with Gasteiger partial charge in [0, 0.05) is 18.8 Å². The summed E-state index contributed by atoms with van der Waals surface area (Å²) in [4.78, 5) is 14.5. The van der Waals surface area contributed by atoms with Gasteiger partial charge in [-0.1, -0.05) is 12.1 Å². The number of aryl methyl sites for hydroxylation is 2. The monoisotopic (exact) mass is 363 g/mol. The number of nitrogens with one attached hydrogen (secondary N) is 1. The van der Waals surface area contributed by atoms with Crippen LogP contribution in [0.2, 0.25) is 0 Å². The Morgan fingerprint density at radius 2 is 1.96 bits per heavy atom. The molecule has 0 radical (unpaired) electrons. The molecule has 1 amide bonds. The molecule has 1 aliphatic heterocycles. The maximum atomic E-state index is 14.6. The minimum absolute atomic E-state index is 0.0621. The van der Waals surface area contributed by atoms with Gasteiger partial charge in [0.2, 0.25) is 0 Å². The summed E-state index contributed by atoms with van der Waals surface area (Å²) in [6.07, 6.45) is 3.58. The maximum Gasteiger partial charge on any atom is 0.266 e. The number of rotatable bonds is 4. The summed E-state index contributed by atoms with van der Waals surface area (Å²) in [7, 11) is 0. The number of hydrogen-bond donors (Lipinski definition) is 1. The number of benzene rings is 2. The number of nitrogens with zero attached hydrogens (tertiary/aromatic N) is 2. The molecule has 1 aliphatic rings. The summed E-state index contributed by atoms with van der Waals surface area (Å²) >= 11 is 0. The van der Waals surface area contributed by atoms with Crippen molar-refractivity contribution in [3.8, 4) is 6.07 Å². The minimum Gasteiger partial charge on any atom is -0.369 e. The predicted octanol–water partition coefficient (Wildman–Crippen LogP) is 4.59. The van der Waals surface area contributed by atoms with Gasteiger partial charge >= 0.3 is 0 Å². The Kier molecular flexibility index (Phi) is 5.56. The Hall–Kier alpha value is -3.13. The van der Waals surface area contributed by atoms with Crippen molar-refractivity contribution >= 4 is 23.4 Å². The van der Waals surface area contributed by atoms with E-state index in [-0.39, 0.29) is 11.4 Å². The zero-order valence-electron chi connectivity index (χ0n) is 15.6. The van der Waals surface area contributed by atoms with Crippen molar-refractivity contribution in [2.75, 3.05) is 23.3 Å². The normalized spacial score (nSPS) is 14.1. The molecule has 1 heterocycles. The summed E-state index contributed by atoms with van der Waals surface area (Å²) < 4.78 is 14.6. The number of anilines is 2. The molecule has 0 aliphatic carbocycles. The zero-order chi connectivity index (χ0) is 19.4. The standard InChI is InChI=1S/C22H22FN3O/c1-15-6-5-7-19(10-15)25-22(27)18(14-24)12-17-13-20(23)21(11-16(17)2)26-8-3-4-9-26/h5-7,10-13H,3-4,8-9H2,1-2H3,(H,25,27)/b18-12-. The third-order valence-corrected chi connectivity index (χ3v) is 4.72. The Bertz CT molecular complexity index is 937. The molecule has 0 saturated carbocycles. The molecule has 0 aromatic heterocycles. The first-order valence-electron chi connectivity index (χ1n) is 9.03. The van der Waals surface area contributed by atoms with E-state index in [9.17, 15) is 14.4 Å². The van der Waals surface area contributed by atoms with Gasteiger partial charge in [0.1, 0.15) is 17.5 Å². The molecule has 4 nitrogen and oxygen atoms in total. The first-order chi connectivity index (χ1) is 13.0. The van der Waals surface area contributed by atoms with Crippen LogP contribution >= 0.6 is 0 Å². The Morgan fingerprint density at radius 1 is 1.22 bits per heavy atom. The number of halogens is 1.